The Bertz CT molecular complexity index is 971. The van der Waals surface area contributed by atoms with Gasteiger partial charge in [-0.05, 0) is 31.2 Å². The fraction of sp³-hybridized carbons (Fsp3) is 0.111. The SMILES string of the molecule is CCOC(=O)Oc1nc2c(s1)-c1ccccc1Sc1ccc(F)cc1-2. The van der Waals surface area contributed by atoms with Gasteiger partial charge in [0.25, 0.3) is 5.19 Å². The van der Waals surface area contributed by atoms with Gasteiger partial charge in [-0.3, -0.25) is 0 Å². The second-order valence-corrected chi connectivity index (χ2v) is 7.23. The van der Waals surface area contributed by atoms with Crippen molar-refractivity contribution in [3.8, 4) is 26.9 Å². The Kier molecular flexibility index (Phi) is 4.19. The van der Waals surface area contributed by atoms with Gasteiger partial charge < -0.3 is 9.47 Å². The monoisotopic (exact) mass is 373 g/mol. The molecule has 2 heterocycles. The molecule has 25 heavy (non-hydrogen) atoms. The van der Waals surface area contributed by atoms with E-state index in [1.807, 2.05) is 24.3 Å². The van der Waals surface area contributed by atoms with Crippen LogP contribution in [0.5, 0.6) is 5.19 Å². The van der Waals surface area contributed by atoms with Crippen molar-refractivity contribution in [2.24, 2.45) is 0 Å². The Morgan fingerprint density at radius 1 is 1.16 bits per heavy atom. The summed E-state index contributed by atoms with van der Waals surface area (Å²) in [6.45, 7) is 1.92. The summed E-state index contributed by atoms with van der Waals surface area (Å²) < 4.78 is 23.8. The van der Waals surface area contributed by atoms with E-state index in [2.05, 4.69) is 4.98 Å². The lowest BCUT2D eigenvalue weighted by Gasteiger charge is -2.05. The van der Waals surface area contributed by atoms with Crippen LogP contribution < -0.4 is 4.74 Å². The van der Waals surface area contributed by atoms with Gasteiger partial charge in [-0.2, -0.15) is 0 Å². The van der Waals surface area contributed by atoms with Crippen LogP contribution in [0.1, 0.15) is 6.92 Å². The molecule has 0 bridgehead atoms. The second-order valence-electron chi connectivity index (χ2n) is 5.18. The maximum absolute atomic E-state index is 13.8. The van der Waals surface area contributed by atoms with Crippen LogP contribution in [0.2, 0.25) is 0 Å². The van der Waals surface area contributed by atoms with E-state index in [1.54, 1.807) is 24.8 Å². The van der Waals surface area contributed by atoms with Crippen molar-refractivity contribution < 1.29 is 18.7 Å². The largest absolute Gasteiger partial charge is 0.515 e. The Balaban J connectivity index is 1.89. The third-order valence-corrected chi connectivity index (χ3v) is 5.71. The topological polar surface area (TPSA) is 48.4 Å². The molecule has 1 aliphatic rings. The average Bonchev–Trinajstić information content (AvgIpc) is 2.95. The van der Waals surface area contributed by atoms with Crippen molar-refractivity contribution in [2.75, 3.05) is 6.61 Å². The second kappa shape index (κ2) is 6.50. The van der Waals surface area contributed by atoms with Crippen LogP contribution in [0.3, 0.4) is 0 Å². The maximum atomic E-state index is 13.8. The number of ether oxygens (including phenoxy) is 2. The van der Waals surface area contributed by atoms with E-state index >= 15 is 0 Å². The summed E-state index contributed by atoms with van der Waals surface area (Å²) in [6, 6.07) is 12.5. The fourth-order valence-electron chi connectivity index (χ4n) is 2.57. The first kappa shape index (κ1) is 16.1. The predicted molar refractivity (Wildman–Crippen MR) is 94.7 cm³/mol. The Hall–Kier alpha value is -2.38. The van der Waals surface area contributed by atoms with Crippen molar-refractivity contribution in [2.45, 2.75) is 16.7 Å². The van der Waals surface area contributed by atoms with Crippen LogP contribution in [0, 0.1) is 5.82 Å². The summed E-state index contributed by atoms with van der Waals surface area (Å²) in [6.07, 6.45) is -0.798. The molecule has 0 fully saturated rings. The first-order valence-electron chi connectivity index (χ1n) is 7.58. The molecule has 1 aromatic heterocycles. The molecule has 0 saturated heterocycles. The Morgan fingerprint density at radius 2 is 1.96 bits per heavy atom. The van der Waals surface area contributed by atoms with E-state index in [1.165, 1.54) is 23.5 Å². The van der Waals surface area contributed by atoms with Crippen molar-refractivity contribution in [1.29, 1.82) is 0 Å². The van der Waals surface area contributed by atoms with Gasteiger partial charge in [0.15, 0.2) is 0 Å². The van der Waals surface area contributed by atoms with E-state index < -0.39 is 6.16 Å². The molecule has 0 atom stereocenters. The molecule has 2 aromatic carbocycles. The van der Waals surface area contributed by atoms with Crippen molar-refractivity contribution in [1.82, 2.24) is 4.98 Å². The normalized spacial score (nSPS) is 11.8. The molecule has 3 aromatic rings. The highest BCUT2D eigenvalue weighted by Gasteiger charge is 2.25. The van der Waals surface area contributed by atoms with Crippen molar-refractivity contribution in [3.05, 3.63) is 48.3 Å². The zero-order chi connectivity index (χ0) is 17.4. The number of fused-ring (bicyclic) bond motifs is 5. The number of carbonyl (C=O) groups is 1. The van der Waals surface area contributed by atoms with E-state index in [4.69, 9.17) is 9.47 Å². The number of nitrogens with zero attached hydrogens (tertiary/aromatic N) is 1. The van der Waals surface area contributed by atoms with E-state index in [0.29, 0.717) is 11.3 Å². The Labute approximate surface area is 151 Å². The van der Waals surface area contributed by atoms with Gasteiger partial charge in [0.1, 0.15) is 5.82 Å². The molecule has 4 nitrogen and oxygen atoms in total. The van der Waals surface area contributed by atoms with E-state index in [0.717, 1.165) is 20.2 Å². The highest BCUT2D eigenvalue weighted by molar-refractivity contribution is 7.99. The van der Waals surface area contributed by atoms with Crippen LogP contribution >= 0.6 is 23.1 Å². The van der Waals surface area contributed by atoms with Gasteiger partial charge >= 0.3 is 6.16 Å². The molecule has 7 heteroatoms. The summed E-state index contributed by atoms with van der Waals surface area (Å²) in [7, 11) is 0. The number of thiazole rings is 1. The van der Waals surface area contributed by atoms with E-state index in [-0.39, 0.29) is 17.6 Å². The summed E-state index contributed by atoms with van der Waals surface area (Å²) >= 11 is 2.81. The predicted octanol–water partition coefficient (Wildman–Crippen LogP) is 5.62. The minimum absolute atomic E-state index is 0.181. The van der Waals surface area contributed by atoms with Gasteiger partial charge in [-0.1, -0.05) is 41.3 Å². The molecule has 0 N–H and O–H groups in total. The zero-order valence-electron chi connectivity index (χ0n) is 13.1. The minimum atomic E-state index is -0.798. The summed E-state index contributed by atoms with van der Waals surface area (Å²) in [5.41, 5.74) is 2.28. The minimum Gasteiger partial charge on any atom is -0.434 e. The molecule has 0 aliphatic carbocycles. The molecular formula is C18H12FNO3S2. The third kappa shape index (κ3) is 3.01. The van der Waals surface area contributed by atoms with Gasteiger partial charge in [0.2, 0.25) is 0 Å². The van der Waals surface area contributed by atoms with Crippen molar-refractivity contribution >= 4 is 29.3 Å². The molecule has 0 radical (unpaired) electrons. The van der Waals surface area contributed by atoms with Crippen LogP contribution in [-0.2, 0) is 4.74 Å². The van der Waals surface area contributed by atoms with Crippen LogP contribution in [-0.4, -0.2) is 17.7 Å². The molecule has 0 amide bonds. The molecule has 0 saturated carbocycles. The number of carbonyl (C=O) groups excluding carboxylic acids is 1. The lowest BCUT2D eigenvalue weighted by atomic mass is 10.1. The molecular weight excluding hydrogens is 361 g/mol. The molecule has 0 spiro atoms. The number of halogens is 1. The summed E-state index contributed by atoms with van der Waals surface area (Å²) in [4.78, 5) is 18.8. The zero-order valence-corrected chi connectivity index (χ0v) is 14.7. The van der Waals surface area contributed by atoms with Crippen LogP contribution in [0.4, 0.5) is 9.18 Å². The average molecular weight is 373 g/mol. The van der Waals surface area contributed by atoms with Gasteiger partial charge in [-0.15, -0.1) is 0 Å². The number of benzene rings is 2. The molecule has 1 aliphatic heterocycles. The number of rotatable bonds is 2. The smallest absolute Gasteiger partial charge is 0.434 e. The third-order valence-electron chi connectivity index (χ3n) is 3.59. The number of hydrogen-bond donors (Lipinski definition) is 0. The fourth-order valence-corrected chi connectivity index (χ4v) is 4.66. The Morgan fingerprint density at radius 3 is 2.80 bits per heavy atom. The number of hydrogen-bond acceptors (Lipinski definition) is 6. The van der Waals surface area contributed by atoms with Crippen LogP contribution in [0.15, 0.2) is 52.3 Å². The van der Waals surface area contributed by atoms with Gasteiger partial charge in [0, 0.05) is 20.9 Å². The molecule has 4 rings (SSSR count). The molecule has 0 unspecified atom stereocenters. The van der Waals surface area contributed by atoms with E-state index in [9.17, 15) is 9.18 Å². The lowest BCUT2D eigenvalue weighted by molar-refractivity contribution is 0.104. The molecule has 126 valence electrons. The summed E-state index contributed by atoms with van der Waals surface area (Å²) in [5.74, 6) is -0.336. The first-order valence-corrected chi connectivity index (χ1v) is 9.21. The quantitative estimate of drug-likeness (QED) is 0.427. The number of aromatic nitrogens is 1. The lowest BCUT2D eigenvalue weighted by Crippen LogP contribution is -2.09. The van der Waals surface area contributed by atoms with Gasteiger partial charge in [0.05, 0.1) is 17.2 Å². The standard InChI is InChI=1S/C18H12FNO3S2/c1-2-22-18(21)23-17-20-15-12-9-10(19)7-8-14(12)24-13-6-4-3-5-11(13)16(15)25-17/h3-9H,2H2,1H3. The summed E-state index contributed by atoms with van der Waals surface area (Å²) in [5, 5.41) is 0.181. The highest BCUT2D eigenvalue weighted by Crippen LogP contribution is 2.51. The first-order chi connectivity index (χ1) is 12.2. The van der Waals surface area contributed by atoms with Crippen molar-refractivity contribution in [3.63, 3.8) is 0 Å². The highest BCUT2D eigenvalue weighted by atomic mass is 32.2. The van der Waals surface area contributed by atoms with Gasteiger partial charge in [-0.25, -0.2) is 14.2 Å². The van der Waals surface area contributed by atoms with Crippen LogP contribution in [0.25, 0.3) is 21.7 Å². The maximum Gasteiger partial charge on any atom is 0.515 e.